The number of unbranched alkanes of at least 4 members (excludes halogenated alkanes) is 1. The zero-order chi connectivity index (χ0) is 41.6. The van der Waals surface area contributed by atoms with Gasteiger partial charge >= 0.3 is 7.60 Å². The fourth-order valence-electron chi connectivity index (χ4n) is 6.77. The first kappa shape index (κ1) is 46.0. The molecule has 0 aliphatic carbocycles. The summed E-state index contributed by atoms with van der Waals surface area (Å²) in [5.41, 5.74) is 6.64. The van der Waals surface area contributed by atoms with Gasteiger partial charge in [0.2, 0.25) is 35.4 Å². The summed E-state index contributed by atoms with van der Waals surface area (Å²) in [6, 6.07) is 3.95. The first-order chi connectivity index (χ1) is 26.3. The molecule has 2 heterocycles. The summed E-state index contributed by atoms with van der Waals surface area (Å²) in [4.78, 5) is 103. The number of aryl methyl sites for hydroxylation is 1. The van der Waals surface area contributed by atoms with Crippen LogP contribution in [0.2, 0.25) is 0 Å². The van der Waals surface area contributed by atoms with Crippen molar-refractivity contribution in [2.45, 2.75) is 115 Å². The number of benzene rings is 1. The normalized spacial score (nSPS) is 20.6. The molecule has 3 rings (SSSR count). The highest BCUT2D eigenvalue weighted by Crippen LogP contribution is 2.37. The van der Waals surface area contributed by atoms with Crippen LogP contribution in [0.1, 0.15) is 72.3 Å². The quantitative estimate of drug-likeness (QED) is 0.0557. The van der Waals surface area contributed by atoms with Gasteiger partial charge in [-0.15, -0.1) is 0 Å². The van der Waals surface area contributed by atoms with Crippen LogP contribution in [0.25, 0.3) is 0 Å². The van der Waals surface area contributed by atoms with E-state index in [9.17, 15) is 43.1 Å². The first-order valence-corrected chi connectivity index (χ1v) is 20.9. The number of carbonyl (C=O) groups is 6. The topological polar surface area (TPSA) is 271 Å². The molecular formula is C37H59N8O10P. The van der Waals surface area contributed by atoms with Crippen LogP contribution in [-0.4, -0.2) is 125 Å². The molecule has 2 aliphatic rings. The third kappa shape index (κ3) is 15.3. The van der Waals surface area contributed by atoms with E-state index in [1.807, 2.05) is 32.0 Å². The minimum absolute atomic E-state index is 0.0578. The molecule has 9 N–H and O–H groups in total. The van der Waals surface area contributed by atoms with Crippen LogP contribution in [-0.2, 0) is 44.5 Å². The minimum Gasteiger partial charge on any atom is -0.376 e. The van der Waals surface area contributed by atoms with E-state index in [2.05, 4.69) is 43.7 Å². The van der Waals surface area contributed by atoms with Gasteiger partial charge in [-0.25, -0.2) is 0 Å². The lowest BCUT2D eigenvalue weighted by Gasteiger charge is -2.29. The van der Waals surface area contributed by atoms with Crippen LogP contribution in [0.4, 0.5) is 0 Å². The lowest BCUT2D eigenvalue weighted by atomic mass is 10.0. The first-order valence-electron chi connectivity index (χ1n) is 19.1. The summed E-state index contributed by atoms with van der Waals surface area (Å²) in [7, 11) is -4.54. The maximum atomic E-state index is 13.9. The van der Waals surface area contributed by atoms with Gasteiger partial charge in [0, 0.05) is 32.5 Å². The molecule has 1 aromatic rings. The number of hydrogen-bond donors (Lipinski definition) is 8. The number of primary amides is 1. The van der Waals surface area contributed by atoms with Gasteiger partial charge in [-0.3, -0.25) is 38.3 Å². The van der Waals surface area contributed by atoms with Crippen LogP contribution in [0.3, 0.4) is 0 Å². The lowest BCUT2D eigenvalue weighted by molar-refractivity contribution is -0.138. The monoisotopic (exact) mass is 806 g/mol. The Morgan fingerprint density at radius 2 is 1.64 bits per heavy atom. The van der Waals surface area contributed by atoms with Crippen molar-refractivity contribution in [1.82, 2.24) is 31.5 Å². The number of hydrogen-bond acceptors (Lipinski definition) is 10. The van der Waals surface area contributed by atoms with Gasteiger partial charge in [-0.05, 0) is 56.4 Å². The predicted molar refractivity (Wildman–Crippen MR) is 208 cm³/mol. The molecule has 1 unspecified atom stereocenters. The van der Waals surface area contributed by atoms with Crippen molar-refractivity contribution < 1.29 is 47.9 Å². The summed E-state index contributed by atoms with van der Waals surface area (Å²) in [5, 5.41) is 13.4. The van der Waals surface area contributed by atoms with Gasteiger partial charge in [0.15, 0.2) is 0 Å². The number of nitrogens with zero attached hydrogens (tertiary/aromatic N) is 2. The van der Waals surface area contributed by atoms with Gasteiger partial charge < -0.3 is 51.7 Å². The molecule has 19 heteroatoms. The fraction of sp³-hybridized carbons (Fsp3) is 0.649. The van der Waals surface area contributed by atoms with Gasteiger partial charge in [0.05, 0.1) is 25.1 Å². The molecule has 8 atom stereocenters. The zero-order valence-electron chi connectivity index (χ0n) is 32.8. The Hall–Kier alpha value is -4.38. The average molecular weight is 807 g/mol. The van der Waals surface area contributed by atoms with Crippen LogP contribution in [0, 0.1) is 11.8 Å². The van der Waals surface area contributed by atoms with Crippen molar-refractivity contribution in [2.75, 3.05) is 25.9 Å². The SMILES string of the molecule is CC(=O)N1C[C@H](OCCCCc2ccccc2)C[C@H]1C(=O)N[C@@H](CC(C)C)C(=O)N[C@@H](CC1CN=CN1)C(=O)N[C@@H](C)C(=O)N[C@H](C(N)=O)[C@@H](C)CP(=O)(O)O. The third-order valence-electron chi connectivity index (χ3n) is 9.70. The molecular weight excluding hydrogens is 747 g/mol. The molecule has 0 saturated carbocycles. The number of carbonyl (C=O) groups excluding carboxylic acids is 6. The van der Waals surface area contributed by atoms with Crippen LogP contribution >= 0.6 is 7.60 Å². The second-order valence-corrected chi connectivity index (χ2v) is 16.8. The van der Waals surface area contributed by atoms with E-state index < -0.39 is 79.4 Å². The van der Waals surface area contributed by atoms with Crippen molar-refractivity contribution in [3.05, 3.63) is 35.9 Å². The molecule has 2 aliphatic heterocycles. The fourth-order valence-corrected chi connectivity index (χ4v) is 7.73. The van der Waals surface area contributed by atoms with Crippen molar-refractivity contribution >= 4 is 49.4 Å². The second-order valence-electron chi connectivity index (χ2n) is 15.1. The number of aliphatic imine (C=N–C) groups is 1. The Bertz CT molecular complexity index is 1580. The summed E-state index contributed by atoms with van der Waals surface area (Å²) >= 11 is 0. The Kier molecular flexibility index (Phi) is 17.9. The molecule has 312 valence electrons. The Morgan fingerprint density at radius 1 is 0.964 bits per heavy atom. The number of amides is 6. The van der Waals surface area contributed by atoms with Crippen LogP contribution in [0.15, 0.2) is 35.3 Å². The number of likely N-dealkylation sites (tertiary alicyclic amines) is 1. The highest BCUT2D eigenvalue weighted by Gasteiger charge is 2.41. The number of ether oxygens (including phenoxy) is 1. The van der Waals surface area contributed by atoms with Crippen LogP contribution in [0.5, 0.6) is 0 Å². The van der Waals surface area contributed by atoms with Gasteiger partial charge in [0.25, 0.3) is 0 Å². The third-order valence-corrected chi connectivity index (χ3v) is 10.7. The van der Waals surface area contributed by atoms with Gasteiger partial charge in [0.1, 0.15) is 30.2 Å². The molecule has 0 bridgehead atoms. The van der Waals surface area contributed by atoms with Crippen molar-refractivity contribution in [3.8, 4) is 0 Å². The molecule has 0 aromatic heterocycles. The number of rotatable bonds is 22. The second kappa shape index (κ2) is 21.8. The Labute approximate surface area is 328 Å². The molecule has 6 amide bonds. The highest BCUT2D eigenvalue weighted by molar-refractivity contribution is 7.51. The molecule has 1 aromatic carbocycles. The van der Waals surface area contributed by atoms with Crippen LogP contribution < -0.4 is 32.3 Å². The largest absolute Gasteiger partial charge is 0.376 e. The summed E-state index contributed by atoms with van der Waals surface area (Å²) < 4.78 is 17.6. The molecule has 18 nitrogen and oxygen atoms in total. The highest BCUT2D eigenvalue weighted by atomic mass is 31.2. The molecule has 0 radical (unpaired) electrons. The van der Waals surface area contributed by atoms with Gasteiger partial charge in [-0.2, -0.15) is 0 Å². The van der Waals surface area contributed by atoms with E-state index in [1.165, 1.54) is 37.6 Å². The standard InChI is InChI=1S/C37H59N8O10P/c1-22(2)15-29(43-37(51)31-17-28(19-45(31)25(5)46)55-14-10-9-13-26-11-7-6-8-12-26)36(50)42-30(16-27-18-39-21-40-27)35(49)41-24(4)34(48)44-32(33(38)47)23(3)20-56(52,53)54/h6-8,11-12,21-24,27-32H,9-10,13-20H2,1-5H3,(H2,38,47)(H,39,40)(H,41,49)(H,42,50)(H,43,51)(H,44,48)(H2,52,53,54)/t23-,24-,27?,28+,29-,30-,31-,32-/m0/s1. The summed E-state index contributed by atoms with van der Waals surface area (Å²) in [6.07, 6.45) is 3.59. The minimum atomic E-state index is -4.54. The van der Waals surface area contributed by atoms with E-state index in [1.54, 1.807) is 0 Å². The molecule has 1 saturated heterocycles. The smallest absolute Gasteiger partial charge is 0.325 e. The maximum Gasteiger partial charge on any atom is 0.325 e. The number of nitrogens with two attached hydrogens (primary N) is 1. The van der Waals surface area contributed by atoms with Crippen molar-refractivity contribution in [1.29, 1.82) is 0 Å². The van der Waals surface area contributed by atoms with E-state index >= 15 is 0 Å². The maximum absolute atomic E-state index is 13.9. The lowest BCUT2D eigenvalue weighted by Crippen LogP contribution is -2.59. The summed E-state index contributed by atoms with van der Waals surface area (Å²) in [5.74, 6) is -5.16. The van der Waals surface area contributed by atoms with E-state index in [0.29, 0.717) is 13.2 Å². The van der Waals surface area contributed by atoms with Crippen molar-refractivity contribution in [3.63, 3.8) is 0 Å². The zero-order valence-corrected chi connectivity index (χ0v) is 33.7. The van der Waals surface area contributed by atoms with Crippen molar-refractivity contribution in [2.24, 2.45) is 22.6 Å². The molecule has 1 fully saturated rings. The Balaban J connectivity index is 1.66. The average Bonchev–Trinajstić information content (AvgIpc) is 3.79. The van der Waals surface area contributed by atoms with E-state index in [-0.39, 0.29) is 49.8 Å². The predicted octanol–water partition coefficient (Wildman–Crippen LogP) is -0.290. The Morgan fingerprint density at radius 3 is 2.23 bits per heavy atom. The van der Waals surface area contributed by atoms with Gasteiger partial charge in [-0.1, -0.05) is 51.1 Å². The molecule has 56 heavy (non-hydrogen) atoms. The number of nitrogens with one attached hydrogen (secondary N) is 5. The van der Waals surface area contributed by atoms with E-state index in [4.69, 9.17) is 10.5 Å². The molecule has 0 spiro atoms. The summed E-state index contributed by atoms with van der Waals surface area (Å²) in [6.45, 7) is 8.83. The van der Waals surface area contributed by atoms with E-state index in [0.717, 1.165) is 19.3 Å².